The van der Waals surface area contributed by atoms with E-state index in [2.05, 4.69) is 10.6 Å². The van der Waals surface area contributed by atoms with E-state index in [1.165, 1.54) is 38.5 Å². The molecule has 0 saturated heterocycles. The molecule has 1 atom stereocenters. The number of hydrogen-bond donors (Lipinski definition) is 3. The number of sulfonamides is 1. The van der Waals surface area contributed by atoms with Crippen LogP contribution in [0.2, 0.25) is 5.02 Å². The first kappa shape index (κ1) is 20.8. The number of benzene rings is 2. The number of amides is 1. The largest absolute Gasteiger partial charge is 0.495 e. The summed E-state index contributed by atoms with van der Waals surface area (Å²) in [6, 6.07) is 8.11. The first-order valence-electron chi connectivity index (χ1n) is 7.77. The minimum absolute atomic E-state index is 0.0377. The van der Waals surface area contributed by atoms with E-state index in [-0.39, 0.29) is 10.8 Å². The van der Waals surface area contributed by atoms with E-state index in [1.54, 1.807) is 19.1 Å². The fourth-order valence-corrected chi connectivity index (χ4v) is 3.01. The van der Waals surface area contributed by atoms with Gasteiger partial charge in [0.05, 0.1) is 29.8 Å². The lowest BCUT2D eigenvalue weighted by Crippen LogP contribution is -2.32. The van der Waals surface area contributed by atoms with Crippen molar-refractivity contribution < 1.29 is 22.7 Å². The second-order valence-corrected chi connectivity index (χ2v) is 7.58. The van der Waals surface area contributed by atoms with Crippen LogP contribution < -0.4 is 25.2 Å². The maximum absolute atomic E-state index is 12.4. The molecule has 0 bridgehead atoms. The summed E-state index contributed by atoms with van der Waals surface area (Å²) in [4.78, 5) is 12.4. The van der Waals surface area contributed by atoms with Crippen LogP contribution in [0.25, 0.3) is 0 Å². The van der Waals surface area contributed by atoms with E-state index >= 15 is 0 Å². The summed E-state index contributed by atoms with van der Waals surface area (Å²) >= 11 is 6.12. The minimum atomic E-state index is -3.78. The average molecular weight is 414 g/mol. The van der Waals surface area contributed by atoms with Crippen molar-refractivity contribution in [2.45, 2.75) is 17.9 Å². The zero-order chi connectivity index (χ0) is 20.2. The number of ether oxygens (including phenoxy) is 2. The van der Waals surface area contributed by atoms with Gasteiger partial charge in [-0.15, -0.1) is 0 Å². The zero-order valence-corrected chi connectivity index (χ0v) is 16.5. The number of hydrogen-bond acceptors (Lipinski definition) is 6. The molecule has 0 unspecified atom stereocenters. The maximum Gasteiger partial charge on any atom is 0.246 e. The number of anilines is 2. The SMILES string of the molecule is COc1cc(OC)c(N[C@H](C)C(=O)Nc2ccc(S(N)(=O)=O)cc2)cc1Cl. The van der Waals surface area contributed by atoms with Crippen LogP contribution in [0.4, 0.5) is 11.4 Å². The van der Waals surface area contributed by atoms with Crippen molar-refractivity contribution in [2.75, 3.05) is 24.9 Å². The van der Waals surface area contributed by atoms with E-state index in [0.29, 0.717) is 27.9 Å². The smallest absolute Gasteiger partial charge is 0.246 e. The number of carbonyl (C=O) groups excluding carboxylic acids is 1. The molecule has 0 heterocycles. The van der Waals surface area contributed by atoms with Gasteiger partial charge in [0.2, 0.25) is 15.9 Å². The first-order chi connectivity index (χ1) is 12.7. The third-order valence-corrected chi connectivity index (χ3v) is 4.91. The standard InChI is InChI=1S/C17H20ClN3O5S/c1-10(20-14-8-13(18)15(25-2)9-16(14)26-3)17(22)21-11-4-6-12(7-5-11)27(19,23)24/h4-10,20H,1-3H3,(H,21,22)(H2,19,23,24)/t10-/m1/s1. The lowest BCUT2D eigenvalue weighted by Gasteiger charge is -2.18. The van der Waals surface area contributed by atoms with Crippen molar-refractivity contribution in [3.63, 3.8) is 0 Å². The molecule has 27 heavy (non-hydrogen) atoms. The number of nitrogens with two attached hydrogens (primary N) is 1. The molecule has 146 valence electrons. The monoisotopic (exact) mass is 413 g/mol. The highest BCUT2D eigenvalue weighted by molar-refractivity contribution is 7.89. The van der Waals surface area contributed by atoms with Gasteiger partial charge in [-0.25, -0.2) is 13.6 Å². The molecule has 0 aliphatic carbocycles. The Kier molecular flexibility index (Phi) is 6.53. The van der Waals surface area contributed by atoms with Crippen molar-refractivity contribution in [1.29, 1.82) is 0 Å². The van der Waals surface area contributed by atoms with Crippen molar-refractivity contribution in [1.82, 2.24) is 0 Å². The lowest BCUT2D eigenvalue weighted by atomic mass is 10.2. The summed E-state index contributed by atoms with van der Waals surface area (Å²) in [5, 5.41) is 11.1. The Labute approximate surface area is 162 Å². The van der Waals surface area contributed by atoms with Gasteiger partial charge in [0.25, 0.3) is 0 Å². The van der Waals surface area contributed by atoms with Gasteiger partial charge in [0.15, 0.2) is 0 Å². The summed E-state index contributed by atoms with van der Waals surface area (Å²) in [5.74, 6) is 0.576. The van der Waals surface area contributed by atoms with Gasteiger partial charge in [-0.05, 0) is 37.3 Å². The highest BCUT2D eigenvalue weighted by atomic mass is 35.5. The molecule has 0 radical (unpaired) electrons. The molecule has 4 N–H and O–H groups in total. The Bertz CT molecular complexity index is 932. The maximum atomic E-state index is 12.4. The second kappa shape index (κ2) is 8.47. The predicted octanol–water partition coefficient (Wildman–Crippen LogP) is 2.44. The van der Waals surface area contributed by atoms with E-state index in [9.17, 15) is 13.2 Å². The number of primary sulfonamides is 1. The normalized spacial score (nSPS) is 12.2. The molecule has 1 amide bonds. The number of rotatable bonds is 7. The Morgan fingerprint density at radius 3 is 2.22 bits per heavy atom. The second-order valence-electron chi connectivity index (χ2n) is 5.61. The molecule has 2 rings (SSSR count). The number of methoxy groups -OCH3 is 2. The molecule has 0 aliphatic rings. The van der Waals surface area contributed by atoms with Crippen LogP contribution in [0.3, 0.4) is 0 Å². The fraction of sp³-hybridized carbons (Fsp3) is 0.235. The molecule has 0 fully saturated rings. The molecule has 0 aliphatic heterocycles. The van der Waals surface area contributed by atoms with Crippen LogP contribution in [-0.4, -0.2) is 34.6 Å². The summed E-state index contributed by atoms with van der Waals surface area (Å²) in [6.45, 7) is 1.66. The molecule has 0 saturated carbocycles. The molecule has 8 nitrogen and oxygen atoms in total. The number of nitrogens with one attached hydrogen (secondary N) is 2. The van der Waals surface area contributed by atoms with Crippen molar-refractivity contribution in [3.05, 3.63) is 41.4 Å². The zero-order valence-electron chi connectivity index (χ0n) is 14.9. The van der Waals surface area contributed by atoms with Crippen LogP contribution in [0, 0.1) is 0 Å². The first-order valence-corrected chi connectivity index (χ1v) is 9.70. The van der Waals surface area contributed by atoms with Crippen molar-refractivity contribution in [3.8, 4) is 11.5 Å². The van der Waals surface area contributed by atoms with Crippen LogP contribution in [0.15, 0.2) is 41.3 Å². The molecule has 2 aromatic rings. The summed E-state index contributed by atoms with van der Waals surface area (Å²) in [6.07, 6.45) is 0. The average Bonchev–Trinajstić information content (AvgIpc) is 2.61. The van der Waals surface area contributed by atoms with Crippen LogP contribution in [-0.2, 0) is 14.8 Å². The van der Waals surface area contributed by atoms with Crippen molar-refractivity contribution >= 4 is 38.9 Å². The topological polar surface area (TPSA) is 120 Å². The van der Waals surface area contributed by atoms with Gasteiger partial charge >= 0.3 is 0 Å². The summed E-state index contributed by atoms with van der Waals surface area (Å²) in [5.41, 5.74) is 0.955. The lowest BCUT2D eigenvalue weighted by molar-refractivity contribution is -0.116. The van der Waals surface area contributed by atoms with Gasteiger partial charge in [-0.1, -0.05) is 11.6 Å². The quantitative estimate of drug-likeness (QED) is 0.641. The highest BCUT2D eigenvalue weighted by Crippen LogP contribution is 2.36. The van der Waals surface area contributed by atoms with Gasteiger partial charge in [0.1, 0.15) is 17.5 Å². The van der Waals surface area contributed by atoms with Gasteiger partial charge in [-0.2, -0.15) is 0 Å². The third kappa shape index (κ3) is 5.25. The third-order valence-electron chi connectivity index (χ3n) is 3.69. The summed E-state index contributed by atoms with van der Waals surface area (Å²) in [7, 11) is -0.802. The highest BCUT2D eigenvalue weighted by Gasteiger charge is 2.17. The van der Waals surface area contributed by atoms with Gasteiger partial charge in [0, 0.05) is 11.8 Å². The summed E-state index contributed by atoms with van der Waals surface area (Å²) < 4.78 is 32.9. The van der Waals surface area contributed by atoms with E-state index in [1.807, 2.05) is 0 Å². The van der Waals surface area contributed by atoms with Crippen LogP contribution >= 0.6 is 11.6 Å². The minimum Gasteiger partial charge on any atom is -0.495 e. The van der Waals surface area contributed by atoms with E-state index < -0.39 is 16.1 Å². The molecular formula is C17H20ClN3O5S. The number of carbonyl (C=O) groups is 1. The van der Waals surface area contributed by atoms with Gasteiger partial charge < -0.3 is 20.1 Å². The Balaban J connectivity index is 2.11. The van der Waals surface area contributed by atoms with Crippen LogP contribution in [0.5, 0.6) is 11.5 Å². The van der Waals surface area contributed by atoms with Crippen molar-refractivity contribution in [2.24, 2.45) is 5.14 Å². The fourth-order valence-electron chi connectivity index (χ4n) is 2.25. The molecular weight excluding hydrogens is 394 g/mol. The molecule has 10 heteroatoms. The van der Waals surface area contributed by atoms with Crippen LogP contribution in [0.1, 0.15) is 6.92 Å². The Morgan fingerprint density at radius 2 is 1.70 bits per heavy atom. The Morgan fingerprint density at radius 1 is 1.11 bits per heavy atom. The van der Waals surface area contributed by atoms with E-state index in [4.69, 9.17) is 26.2 Å². The molecule has 0 spiro atoms. The van der Waals surface area contributed by atoms with Gasteiger partial charge in [-0.3, -0.25) is 4.79 Å². The number of halogens is 1. The molecule has 2 aromatic carbocycles. The van der Waals surface area contributed by atoms with E-state index in [0.717, 1.165) is 0 Å². The Hall–Kier alpha value is -2.49. The predicted molar refractivity (Wildman–Crippen MR) is 104 cm³/mol. The molecule has 0 aromatic heterocycles.